The van der Waals surface area contributed by atoms with E-state index in [-0.39, 0.29) is 16.3 Å². The quantitative estimate of drug-likeness (QED) is 0.860. The first-order valence-electron chi connectivity index (χ1n) is 5.70. The molecule has 0 atom stereocenters. The molecule has 8 heteroatoms. The zero-order valence-corrected chi connectivity index (χ0v) is 12.9. The van der Waals surface area contributed by atoms with Crippen LogP contribution in [-0.4, -0.2) is 15.0 Å². The molecule has 0 fully saturated rings. The molecule has 0 spiro atoms. The average Bonchev–Trinajstić information content (AvgIpc) is 2.37. The van der Waals surface area contributed by atoms with Crippen LogP contribution in [0.4, 0.5) is 14.5 Å². The van der Waals surface area contributed by atoms with Crippen LogP contribution in [0.3, 0.4) is 0 Å². The Balaban J connectivity index is 2.24. The van der Waals surface area contributed by atoms with Gasteiger partial charge in [-0.1, -0.05) is 28.1 Å². The van der Waals surface area contributed by atoms with E-state index < -0.39 is 16.6 Å². The van der Waals surface area contributed by atoms with Crippen LogP contribution in [0.2, 0.25) is 0 Å². The van der Waals surface area contributed by atoms with Gasteiger partial charge in [0.05, 0.1) is 10.6 Å². The van der Waals surface area contributed by atoms with E-state index in [0.29, 0.717) is 4.47 Å². The van der Waals surface area contributed by atoms with E-state index in [2.05, 4.69) is 25.4 Å². The molecule has 2 aromatic carbocycles. The summed E-state index contributed by atoms with van der Waals surface area (Å²) in [6.45, 7) is -2.97. The molecule has 1 N–H and O–H groups in total. The van der Waals surface area contributed by atoms with Gasteiger partial charge in [-0.15, -0.1) is 0 Å². The SMILES string of the molecule is O=S(=O)(Nc1cccc(OC(F)F)c1)c1cccc(Br)c1. The van der Waals surface area contributed by atoms with Crippen molar-refractivity contribution in [3.63, 3.8) is 0 Å². The molecular formula is C13H10BrF2NO3S. The van der Waals surface area contributed by atoms with Crippen molar-refractivity contribution >= 4 is 31.6 Å². The maximum Gasteiger partial charge on any atom is 0.387 e. The molecule has 0 amide bonds. The number of anilines is 1. The van der Waals surface area contributed by atoms with Crippen LogP contribution in [0.1, 0.15) is 0 Å². The number of hydrogen-bond donors (Lipinski definition) is 1. The first-order chi connectivity index (χ1) is 9.87. The Morgan fingerprint density at radius 1 is 1.10 bits per heavy atom. The number of sulfonamides is 1. The van der Waals surface area contributed by atoms with Gasteiger partial charge < -0.3 is 4.74 Å². The Morgan fingerprint density at radius 3 is 2.48 bits per heavy atom. The maximum absolute atomic E-state index is 12.2. The first-order valence-corrected chi connectivity index (χ1v) is 7.98. The molecule has 0 aliphatic carbocycles. The second-order valence-electron chi connectivity index (χ2n) is 3.97. The van der Waals surface area contributed by atoms with Crippen LogP contribution in [-0.2, 0) is 10.0 Å². The van der Waals surface area contributed by atoms with Gasteiger partial charge in [-0.3, -0.25) is 4.72 Å². The Kier molecular flexibility index (Phi) is 4.79. The van der Waals surface area contributed by atoms with Crippen molar-refractivity contribution in [2.75, 3.05) is 4.72 Å². The largest absolute Gasteiger partial charge is 0.435 e. The van der Waals surface area contributed by atoms with E-state index in [1.165, 1.54) is 36.4 Å². The number of halogens is 3. The Bertz CT molecular complexity index is 738. The third-order valence-corrected chi connectivity index (χ3v) is 4.29. The molecule has 0 saturated heterocycles. The third kappa shape index (κ3) is 4.40. The fourth-order valence-corrected chi connectivity index (χ4v) is 3.23. The summed E-state index contributed by atoms with van der Waals surface area (Å²) >= 11 is 3.18. The molecule has 0 aliphatic heterocycles. The fourth-order valence-electron chi connectivity index (χ4n) is 1.58. The molecule has 2 rings (SSSR count). The van der Waals surface area contributed by atoms with Gasteiger partial charge in [0, 0.05) is 10.5 Å². The fraction of sp³-hybridized carbons (Fsp3) is 0.0769. The minimum Gasteiger partial charge on any atom is -0.435 e. The summed E-state index contributed by atoms with van der Waals surface area (Å²) in [5.41, 5.74) is 0.133. The van der Waals surface area contributed by atoms with E-state index >= 15 is 0 Å². The molecular weight excluding hydrogens is 368 g/mol. The van der Waals surface area contributed by atoms with Crippen LogP contribution < -0.4 is 9.46 Å². The second-order valence-corrected chi connectivity index (χ2v) is 6.57. The van der Waals surface area contributed by atoms with Gasteiger partial charge in [-0.2, -0.15) is 8.78 Å². The lowest BCUT2D eigenvalue weighted by Gasteiger charge is -2.10. The lowest BCUT2D eigenvalue weighted by molar-refractivity contribution is -0.0497. The molecule has 0 radical (unpaired) electrons. The first kappa shape index (κ1) is 15.7. The van der Waals surface area contributed by atoms with E-state index in [9.17, 15) is 17.2 Å². The predicted molar refractivity (Wildman–Crippen MR) is 78.0 cm³/mol. The molecule has 0 aliphatic rings. The zero-order valence-electron chi connectivity index (χ0n) is 10.5. The summed E-state index contributed by atoms with van der Waals surface area (Å²) in [7, 11) is -3.80. The average molecular weight is 378 g/mol. The smallest absolute Gasteiger partial charge is 0.387 e. The summed E-state index contributed by atoms with van der Waals surface area (Å²) in [6, 6.07) is 11.5. The maximum atomic E-state index is 12.2. The number of alkyl halides is 2. The minimum atomic E-state index is -3.80. The predicted octanol–water partition coefficient (Wildman–Crippen LogP) is 3.85. The summed E-state index contributed by atoms with van der Waals surface area (Å²) in [5.74, 6) is -0.126. The van der Waals surface area contributed by atoms with Crippen LogP contribution >= 0.6 is 15.9 Å². The van der Waals surface area contributed by atoms with Gasteiger partial charge in [-0.25, -0.2) is 8.42 Å². The Morgan fingerprint density at radius 2 is 1.81 bits per heavy atom. The van der Waals surface area contributed by atoms with Crippen LogP contribution in [0, 0.1) is 0 Å². The second kappa shape index (κ2) is 6.40. The van der Waals surface area contributed by atoms with Crippen LogP contribution in [0.25, 0.3) is 0 Å². The number of rotatable bonds is 5. The molecule has 0 aromatic heterocycles. The Labute approximate surface area is 128 Å². The van der Waals surface area contributed by atoms with Crippen molar-refractivity contribution in [3.8, 4) is 5.75 Å². The van der Waals surface area contributed by atoms with Gasteiger partial charge in [0.25, 0.3) is 10.0 Å². The topological polar surface area (TPSA) is 55.4 Å². The molecule has 4 nitrogen and oxygen atoms in total. The van der Waals surface area contributed by atoms with Gasteiger partial charge >= 0.3 is 6.61 Å². The molecule has 0 saturated carbocycles. The summed E-state index contributed by atoms with van der Waals surface area (Å²) < 4.78 is 55.7. The van der Waals surface area contributed by atoms with E-state index in [4.69, 9.17) is 0 Å². The van der Waals surface area contributed by atoms with Gasteiger partial charge in [-0.05, 0) is 30.3 Å². The highest BCUT2D eigenvalue weighted by Gasteiger charge is 2.15. The zero-order chi connectivity index (χ0) is 15.5. The molecule has 0 heterocycles. The number of hydrogen-bond acceptors (Lipinski definition) is 3. The van der Waals surface area contributed by atoms with Crippen molar-refractivity contribution in [1.29, 1.82) is 0 Å². The van der Waals surface area contributed by atoms with Crippen molar-refractivity contribution < 1.29 is 21.9 Å². The van der Waals surface area contributed by atoms with Crippen LogP contribution in [0.5, 0.6) is 5.75 Å². The molecule has 0 bridgehead atoms. The molecule has 21 heavy (non-hydrogen) atoms. The lowest BCUT2D eigenvalue weighted by atomic mass is 10.3. The van der Waals surface area contributed by atoms with Gasteiger partial charge in [0.2, 0.25) is 0 Å². The highest BCUT2D eigenvalue weighted by molar-refractivity contribution is 9.10. The molecule has 112 valence electrons. The molecule has 2 aromatic rings. The highest BCUT2D eigenvalue weighted by Crippen LogP contribution is 2.23. The number of benzene rings is 2. The van der Waals surface area contributed by atoms with Crippen molar-refractivity contribution in [2.45, 2.75) is 11.5 Å². The highest BCUT2D eigenvalue weighted by atomic mass is 79.9. The van der Waals surface area contributed by atoms with E-state index in [1.54, 1.807) is 12.1 Å². The summed E-state index contributed by atoms with van der Waals surface area (Å²) in [6.07, 6.45) is 0. The monoisotopic (exact) mass is 377 g/mol. The summed E-state index contributed by atoms with van der Waals surface area (Å²) in [5, 5.41) is 0. The van der Waals surface area contributed by atoms with Gasteiger partial charge in [0.1, 0.15) is 5.75 Å². The van der Waals surface area contributed by atoms with Crippen molar-refractivity contribution in [2.24, 2.45) is 0 Å². The normalized spacial score (nSPS) is 11.4. The standard InChI is InChI=1S/C13H10BrF2NO3S/c14-9-3-1-6-12(7-9)21(18,19)17-10-4-2-5-11(8-10)20-13(15)16/h1-8,13,17H. The number of ether oxygens (including phenoxy) is 1. The van der Waals surface area contributed by atoms with E-state index in [1.807, 2.05) is 0 Å². The van der Waals surface area contributed by atoms with Crippen LogP contribution in [0.15, 0.2) is 57.9 Å². The summed E-state index contributed by atoms with van der Waals surface area (Å²) in [4.78, 5) is 0.0528. The Hall–Kier alpha value is -1.67. The lowest BCUT2D eigenvalue weighted by Crippen LogP contribution is -2.13. The van der Waals surface area contributed by atoms with Gasteiger partial charge in [0.15, 0.2) is 0 Å². The minimum absolute atomic E-state index is 0.0528. The van der Waals surface area contributed by atoms with Crippen molar-refractivity contribution in [3.05, 3.63) is 53.0 Å². The number of nitrogens with one attached hydrogen (secondary N) is 1. The van der Waals surface area contributed by atoms with Crippen molar-refractivity contribution in [1.82, 2.24) is 0 Å². The third-order valence-electron chi connectivity index (χ3n) is 2.42. The van der Waals surface area contributed by atoms with E-state index in [0.717, 1.165) is 0 Å². The molecule has 0 unspecified atom stereocenters.